The van der Waals surface area contributed by atoms with E-state index in [9.17, 15) is 4.79 Å². The summed E-state index contributed by atoms with van der Waals surface area (Å²) < 4.78 is 5.36. The van der Waals surface area contributed by atoms with Gasteiger partial charge in [-0.25, -0.2) is 0 Å². The first-order chi connectivity index (χ1) is 10.8. The van der Waals surface area contributed by atoms with Crippen LogP contribution in [0.1, 0.15) is 18.9 Å². The van der Waals surface area contributed by atoms with E-state index in [0.717, 1.165) is 56.5 Å². The van der Waals surface area contributed by atoms with Crippen LogP contribution in [0, 0.1) is 0 Å². The molecule has 0 aliphatic carbocycles. The highest BCUT2D eigenvalue weighted by molar-refractivity contribution is 7.99. The SMILES string of the molecule is CCSCCC(=O)Nc1ccc(CCN2CCOCC2)cc1. The van der Waals surface area contributed by atoms with Gasteiger partial charge in [-0.2, -0.15) is 11.8 Å². The fraction of sp³-hybridized carbons (Fsp3) is 0.588. The largest absolute Gasteiger partial charge is 0.379 e. The summed E-state index contributed by atoms with van der Waals surface area (Å²) in [6.45, 7) is 6.94. The molecule has 22 heavy (non-hydrogen) atoms. The molecule has 1 aromatic carbocycles. The monoisotopic (exact) mass is 322 g/mol. The molecular weight excluding hydrogens is 296 g/mol. The van der Waals surface area contributed by atoms with E-state index in [1.165, 1.54) is 5.56 Å². The molecule has 1 N–H and O–H groups in total. The van der Waals surface area contributed by atoms with Gasteiger partial charge in [-0.15, -0.1) is 0 Å². The number of ether oxygens (including phenoxy) is 1. The van der Waals surface area contributed by atoms with Crippen molar-refractivity contribution in [1.29, 1.82) is 0 Å². The molecule has 0 aromatic heterocycles. The van der Waals surface area contributed by atoms with Gasteiger partial charge in [0.15, 0.2) is 0 Å². The third kappa shape index (κ3) is 6.38. The number of hydrogen-bond acceptors (Lipinski definition) is 4. The second-order valence-electron chi connectivity index (χ2n) is 5.40. The zero-order valence-electron chi connectivity index (χ0n) is 13.3. The molecule has 1 aliphatic heterocycles. The van der Waals surface area contributed by atoms with E-state index in [2.05, 4.69) is 29.3 Å². The summed E-state index contributed by atoms with van der Waals surface area (Å²) in [7, 11) is 0. The van der Waals surface area contributed by atoms with Crippen LogP contribution in [0.4, 0.5) is 5.69 Å². The number of hydrogen-bond donors (Lipinski definition) is 1. The highest BCUT2D eigenvalue weighted by Gasteiger charge is 2.09. The number of morpholine rings is 1. The van der Waals surface area contributed by atoms with Crippen LogP contribution in [-0.2, 0) is 16.0 Å². The van der Waals surface area contributed by atoms with Gasteiger partial charge in [0.05, 0.1) is 13.2 Å². The minimum absolute atomic E-state index is 0.0991. The lowest BCUT2D eigenvalue weighted by atomic mass is 10.1. The highest BCUT2D eigenvalue weighted by atomic mass is 32.2. The van der Waals surface area contributed by atoms with Crippen molar-refractivity contribution >= 4 is 23.4 Å². The number of benzene rings is 1. The van der Waals surface area contributed by atoms with Crippen LogP contribution in [0.2, 0.25) is 0 Å². The molecule has 0 saturated carbocycles. The molecule has 1 saturated heterocycles. The fourth-order valence-electron chi connectivity index (χ4n) is 2.40. The molecule has 0 spiro atoms. The topological polar surface area (TPSA) is 41.6 Å². The third-order valence-corrected chi connectivity index (χ3v) is 4.64. The molecule has 0 radical (unpaired) electrons. The van der Waals surface area contributed by atoms with Crippen molar-refractivity contribution in [3.8, 4) is 0 Å². The van der Waals surface area contributed by atoms with E-state index in [0.29, 0.717) is 6.42 Å². The number of thioether (sulfide) groups is 1. The minimum atomic E-state index is 0.0991. The first-order valence-corrected chi connectivity index (χ1v) is 9.20. The molecule has 2 rings (SSSR count). The minimum Gasteiger partial charge on any atom is -0.379 e. The first-order valence-electron chi connectivity index (χ1n) is 8.04. The zero-order valence-corrected chi connectivity index (χ0v) is 14.2. The average molecular weight is 322 g/mol. The second kappa shape index (κ2) is 9.87. The Balaban J connectivity index is 1.71. The van der Waals surface area contributed by atoms with Gasteiger partial charge in [-0.3, -0.25) is 9.69 Å². The van der Waals surface area contributed by atoms with Crippen LogP contribution >= 0.6 is 11.8 Å². The van der Waals surface area contributed by atoms with Crippen LogP contribution in [0.3, 0.4) is 0 Å². The Morgan fingerprint density at radius 1 is 1.27 bits per heavy atom. The Bertz CT molecular complexity index is 444. The van der Waals surface area contributed by atoms with Crippen LogP contribution in [0.5, 0.6) is 0 Å². The second-order valence-corrected chi connectivity index (χ2v) is 6.79. The predicted molar refractivity (Wildman–Crippen MR) is 93.7 cm³/mol. The van der Waals surface area contributed by atoms with Crippen molar-refractivity contribution in [2.75, 3.05) is 49.7 Å². The molecule has 1 heterocycles. The molecule has 1 amide bonds. The lowest BCUT2D eigenvalue weighted by molar-refractivity contribution is -0.115. The van der Waals surface area contributed by atoms with E-state index in [-0.39, 0.29) is 5.91 Å². The van der Waals surface area contributed by atoms with Crippen molar-refractivity contribution in [2.45, 2.75) is 19.8 Å². The Kier molecular flexibility index (Phi) is 7.77. The Labute approximate surface area is 137 Å². The fourth-order valence-corrected chi connectivity index (χ4v) is 3.02. The molecule has 5 heteroatoms. The summed E-state index contributed by atoms with van der Waals surface area (Å²) in [5.41, 5.74) is 2.20. The Morgan fingerprint density at radius 3 is 2.68 bits per heavy atom. The summed E-state index contributed by atoms with van der Waals surface area (Å²) >= 11 is 1.80. The lowest BCUT2D eigenvalue weighted by Gasteiger charge is -2.26. The molecule has 1 aliphatic rings. The number of carbonyl (C=O) groups is 1. The summed E-state index contributed by atoms with van der Waals surface area (Å²) in [5.74, 6) is 2.05. The standard InChI is InChI=1S/C17H26N2O2S/c1-2-22-14-8-17(20)18-16-5-3-15(4-6-16)7-9-19-10-12-21-13-11-19/h3-6H,2,7-14H2,1H3,(H,18,20). The van der Waals surface area contributed by atoms with E-state index >= 15 is 0 Å². The predicted octanol–water partition coefficient (Wildman–Crippen LogP) is 2.64. The van der Waals surface area contributed by atoms with Crippen LogP contribution in [-0.4, -0.2) is 55.2 Å². The maximum absolute atomic E-state index is 11.8. The maximum atomic E-state index is 11.8. The molecule has 1 aromatic rings. The molecule has 1 fully saturated rings. The normalized spacial score (nSPS) is 15.7. The molecule has 122 valence electrons. The van der Waals surface area contributed by atoms with Crippen molar-refractivity contribution < 1.29 is 9.53 Å². The third-order valence-electron chi connectivity index (χ3n) is 3.74. The van der Waals surface area contributed by atoms with Gasteiger partial charge in [0.1, 0.15) is 0 Å². The van der Waals surface area contributed by atoms with E-state index in [1.807, 2.05) is 12.1 Å². The van der Waals surface area contributed by atoms with Gasteiger partial charge in [-0.1, -0.05) is 19.1 Å². The summed E-state index contributed by atoms with van der Waals surface area (Å²) in [4.78, 5) is 14.2. The molecule has 0 bridgehead atoms. The average Bonchev–Trinajstić information content (AvgIpc) is 2.55. The van der Waals surface area contributed by atoms with Gasteiger partial charge < -0.3 is 10.1 Å². The number of nitrogens with one attached hydrogen (secondary N) is 1. The van der Waals surface area contributed by atoms with Crippen molar-refractivity contribution in [1.82, 2.24) is 4.90 Å². The Morgan fingerprint density at radius 2 is 2.00 bits per heavy atom. The van der Waals surface area contributed by atoms with Gasteiger partial charge in [0, 0.05) is 37.5 Å². The van der Waals surface area contributed by atoms with Crippen molar-refractivity contribution in [3.63, 3.8) is 0 Å². The molecule has 0 unspecified atom stereocenters. The molecule has 0 atom stereocenters. The number of rotatable bonds is 8. The van der Waals surface area contributed by atoms with Crippen LogP contribution < -0.4 is 5.32 Å². The smallest absolute Gasteiger partial charge is 0.225 e. The van der Waals surface area contributed by atoms with Gasteiger partial charge >= 0.3 is 0 Å². The first kappa shape index (κ1) is 17.3. The maximum Gasteiger partial charge on any atom is 0.225 e. The number of anilines is 1. The summed E-state index contributed by atoms with van der Waals surface area (Å²) in [6, 6.07) is 8.22. The van der Waals surface area contributed by atoms with Gasteiger partial charge in [0.2, 0.25) is 5.91 Å². The van der Waals surface area contributed by atoms with Crippen LogP contribution in [0.25, 0.3) is 0 Å². The van der Waals surface area contributed by atoms with Crippen LogP contribution in [0.15, 0.2) is 24.3 Å². The quantitative estimate of drug-likeness (QED) is 0.747. The summed E-state index contributed by atoms with van der Waals surface area (Å²) in [5, 5.41) is 2.95. The van der Waals surface area contributed by atoms with Crippen molar-refractivity contribution in [3.05, 3.63) is 29.8 Å². The molecular formula is C17H26N2O2S. The van der Waals surface area contributed by atoms with E-state index in [4.69, 9.17) is 4.74 Å². The number of nitrogens with zero attached hydrogens (tertiary/aromatic N) is 1. The summed E-state index contributed by atoms with van der Waals surface area (Å²) in [6.07, 6.45) is 1.62. The van der Waals surface area contributed by atoms with Crippen molar-refractivity contribution in [2.24, 2.45) is 0 Å². The lowest BCUT2D eigenvalue weighted by Crippen LogP contribution is -2.37. The Hall–Kier alpha value is -1.04. The van der Waals surface area contributed by atoms with E-state index in [1.54, 1.807) is 11.8 Å². The molecule has 4 nitrogen and oxygen atoms in total. The number of amides is 1. The zero-order chi connectivity index (χ0) is 15.6. The van der Waals surface area contributed by atoms with Gasteiger partial charge in [-0.05, 0) is 29.9 Å². The number of carbonyl (C=O) groups excluding carboxylic acids is 1. The van der Waals surface area contributed by atoms with Gasteiger partial charge in [0.25, 0.3) is 0 Å². The van der Waals surface area contributed by atoms with E-state index < -0.39 is 0 Å². The highest BCUT2D eigenvalue weighted by Crippen LogP contribution is 2.12.